The fourth-order valence-electron chi connectivity index (χ4n) is 3.57. The molecule has 35 heavy (non-hydrogen) atoms. The van der Waals surface area contributed by atoms with Crippen molar-refractivity contribution in [3.05, 3.63) is 84.2 Å². The number of carbonyl (C=O) groups is 2. The van der Waals surface area contributed by atoms with E-state index >= 15 is 0 Å². The van der Waals surface area contributed by atoms with Crippen molar-refractivity contribution in [2.75, 3.05) is 6.61 Å². The molecular weight excluding hydrogens is 440 g/mol. The van der Waals surface area contributed by atoms with Crippen LogP contribution >= 0.6 is 0 Å². The predicted octanol–water partition coefficient (Wildman–Crippen LogP) is 6.21. The van der Waals surface area contributed by atoms with Gasteiger partial charge >= 0.3 is 5.97 Å². The van der Waals surface area contributed by atoms with Crippen molar-refractivity contribution in [2.45, 2.75) is 58.5 Å². The number of carboxylic acids is 1. The second-order valence-electron chi connectivity index (χ2n) is 8.41. The lowest BCUT2D eigenvalue weighted by Gasteiger charge is -2.29. The fraction of sp³-hybridized carbons (Fsp3) is 0.345. The smallest absolute Gasteiger partial charge is 0.303 e. The van der Waals surface area contributed by atoms with Crippen LogP contribution in [0, 0.1) is 0 Å². The summed E-state index contributed by atoms with van der Waals surface area (Å²) < 4.78 is 24.0. The van der Waals surface area contributed by atoms with Gasteiger partial charge in [0, 0.05) is 42.5 Å². The first-order chi connectivity index (χ1) is 17.8. The monoisotopic (exact) mass is 476 g/mol. The number of hydrogen-bond donors (Lipinski definition) is 1. The number of aromatic nitrogens is 1. The van der Waals surface area contributed by atoms with Gasteiger partial charge in [0.15, 0.2) is 0 Å². The Kier molecular flexibility index (Phi) is 8.76. The molecule has 1 amide bonds. The van der Waals surface area contributed by atoms with Crippen LogP contribution in [0.1, 0.15) is 64.6 Å². The van der Waals surface area contributed by atoms with E-state index in [1.165, 1.54) is 4.90 Å². The molecule has 0 aliphatic carbocycles. The van der Waals surface area contributed by atoms with Gasteiger partial charge in [-0.25, -0.2) is 0 Å². The molecule has 1 heterocycles. The third kappa shape index (κ3) is 7.67. The summed E-state index contributed by atoms with van der Waals surface area (Å²) in [6.45, 7) is 1.96. The molecule has 1 aromatic heterocycles. The molecule has 3 rings (SSSR count). The summed E-state index contributed by atoms with van der Waals surface area (Å²) in [5.41, 5.74) is 2.53. The molecule has 0 saturated heterocycles. The standard InChI is InChI=1S/C29H34N2O4/c1-3-22(2)31(29(34)24-16-14-23(15-17-24)25-11-9-18-30-20-25)21-26-10-6-7-12-27(26)35-19-8-4-5-13-28(32)33/h6-7,9-12,14-18,20,22H,3-5,8,13,19,21H2,1-2H3,(H,32,33)/i21D2. The number of nitrogens with zero attached hydrogens (tertiary/aromatic N) is 2. The molecule has 0 fully saturated rings. The van der Waals surface area contributed by atoms with Crippen molar-refractivity contribution in [1.29, 1.82) is 0 Å². The fourth-order valence-corrected chi connectivity index (χ4v) is 3.57. The Balaban J connectivity index is 1.82. The number of hydrogen-bond acceptors (Lipinski definition) is 4. The van der Waals surface area contributed by atoms with Gasteiger partial charge in [0.05, 0.1) is 9.35 Å². The lowest BCUT2D eigenvalue weighted by atomic mass is 10.0. The van der Waals surface area contributed by atoms with Crippen LogP contribution in [0.5, 0.6) is 5.75 Å². The van der Waals surface area contributed by atoms with E-state index in [4.69, 9.17) is 12.6 Å². The maximum Gasteiger partial charge on any atom is 0.303 e. The number of pyridine rings is 1. The molecular formula is C29H34N2O4. The number of aliphatic carboxylic acids is 1. The van der Waals surface area contributed by atoms with Crippen LogP contribution in [-0.2, 0) is 11.3 Å². The molecule has 0 bridgehead atoms. The average Bonchev–Trinajstić information content (AvgIpc) is 2.91. The Labute approximate surface area is 210 Å². The van der Waals surface area contributed by atoms with Crippen LogP contribution in [0.25, 0.3) is 11.1 Å². The molecule has 0 saturated carbocycles. The lowest BCUT2D eigenvalue weighted by Crippen LogP contribution is -2.37. The third-order valence-corrected chi connectivity index (χ3v) is 5.80. The molecule has 1 N–H and O–H groups in total. The molecule has 6 nitrogen and oxygen atoms in total. The zero-order valence-corrected chi connectivity index (χ0v) is 20.3. The summed E-state index contributed by atoms with van der Waals surface area (Å²) in [7, 11) is 0. The maximum atomic E-state index is 13.7. The summed E-state index contributed by atoms with van der Waals surface area (Å²) in [5.74, 6) is -0.847. The number of carbonyl (C=O) groups excluding carboxylic acids is 1. The number of benzene rings is 2. The minimum atomic E-state index is -2.13. The van der Waals surface area contributed by atoms with Gasteiger partial charge in [-0.15, -0.1) is 0 Å². The van der Waals surface area contributed by atoms with Crippen molar-refractivity contribution in [3.63, 3.8) is 0 Å². The first-order valence-corrected chi connectivity index (χ1v) is 12.0. The highest BCUT2D eigenvalue weighted by Crippen LogP contribution is 2.24. The number of rotatable bonds is 13. The van der Waals surface area contributed by atoms with Gasteiger partial charge in [0.1, 0.15) is 5.75 Å². The van der Waals surface area contributed by atoms with E-state index in [2.05, 4.69) is 4.98 Å². The van der Waals surface area contributed by atoms with Crippen molar-refractivity contribution < 1.29 is 22.2 Å². The molecule has 184 valence electrons. The third-order valence-electron chi connectivity index (χ3n) is 5.80. The Morgan fingerprint density at radius 2 is 1.80 bits per heavy atom. The zero-order chi connectivity index (χ0) is 26.8. The molecule has 2 aromatic carbocycles. The lowest BCUT2D eigenvalue weighted by molar-refractivity contribution is -0.137. The number of ether oxygens (including phenoxy) is 1. The summed E-state index contributed by atoms with van der Waals surface area (Å²) in [4.78, 5) is 29.8. The summed E-state index contributed by atoms with van der Waals surface area (Å²) in [6.07, 6.45) is 6.07. The Hall–Kier alpha value is -3.67. The van der Waals surface area contributed by atoms with Gasteiger partial charge < -0.3 is 14.7 Å². The average molecular weight is 477 g/mol. The first-order valence-electron chi connectivity index (χ1n) is 13.0. The van der Waals surface area contributed by atoms with E-state index in [9.17, 15) is 9.59 Å². The van der Waals surface area contributed by atoms with Crippen LogP contribution in [-0.4, -0.2) is 39.5 Å². The van der Waals surface area contributed by atoms with Gasteiger partial charge in [-0.2, -0.15) is 0 Å². The molecule has 0 aliphatic heterocycles. The van der Waals surface area contributed by atoms with E-state index < -0.39 is 18.4 Å². The molecule has 3 aromatic rings. The SMILES string of the molecule is [2H]C([2H])(c1ccccc1OCCCCCC(=O)O)N(C(=O)c1ccc(-c2cccnc2)cc1)C(C)CC. The van der Waals surface area contributed by atoms with E-state index in [0.29, 0.717) is 43.6 Å². The number of para-hydroxylation sites is 1. The van der Waals surface area contributed by atoms with Crippen LogP contribution < -0.4 is 4.74 Å². The van der Waals surface area contributed by atoms with E-state index in [-0.39, 0.29) is 18.0 Å². The Morgan fingerprint density at radius 1 is 1.03 bits per heavy atom. The second kappa shape index (κ2) is 13.3. The normalized spacial score (nSPS) is 12.9. The van der Waals surface area contributed by atoms with Crippen molar-refractivity contribution >= 4 is 11.9 Å². The summed E-state index contributed by atoms with van der Waals surface area (Å²) >= 11 is 0. The van der Waals surface area contributed by atoms with Gasteiger partial charge in [-0.3, -0.25) is 14.6 Å². The Morgan fingerprint density at radius 3 is 2.49 bits per heavy atom. The van der Waals surface area contributed by atoms with E-state index in [0.717, 1.165) is 11.1 Å². The molecule has 1 unspecified atom stereocenters. The largest absolute Gasteiger partial charge is 0.493 e. The number of carboxylic acid groups (broad SMARTS) is 1. The van der Waals surface area contributed by atoms with Crippen LogP contribution in [0.3, 0.4) is 0 Å². The Bertz CT molecular complexity index is 1170. The van der Waals surface area contributed by atoms with Crippen molar-refractivity contribution in [3.8, 4) is 16.9 Å². The van der Waals surface area contributed by atoms with E-state index in [1.54, 1.807) is 48.8 Å². The minimum absolute atomic E-state index is 0.119. The highest BCUT2D eigenvalue weighted by atomic mass is 16.5. The molecule has 6 heteroatoms. The van der Waals surface area contributed by atoms with Crippen LogP contribution in [0.15, 0.2) is 73.1 Å². The highest BCUT2D eigenvalue weighted by Gasteiger charge is 2.22. The van der Waals surface area contributed by atoms with Gasteiger partial charge in [-0.1, -0.05) is 43.3 Å². The first kappa shape index (κ1) is 23.1. The quantitative estimate of drug-likeness (QED) is 0.297. The molecule has 1 atom stereocenters. The van der Waals surface area contributed by atoms with Crippen LogP contribution in [0.2, 0.25) is 0 Å². The van der Waals surface area contributed by atoms with Crippen LogP contribution in [0.4, 0.5) is 0 Å². The summed E-state index contributed by atoms with van der Waals surface area (Å²) in [5, 5.41) is 8.78. The number of unbranched alkanes of at least 4 members (excludes halogenated alkanes) is 2. The van der Waals surface area contributed by atoms with Crippen molar-refractivity contribution in [2.24, 2.45) is 0 Å². The maximum absolute atomic E-state index is 13.7. The zero-order valence-electron chi connectivity index (χ0n) is 22.3. The number of amides is 1. The highest BCUT2D eigenvalue weighted by molar-refractivity contribution is 5.95. The second-order valence-corrected chi connectivity index (χ2v) is 8.41. The van der Waals surface area contributed by atoms with Gasteiger partial charge in [0.25, 0.3) is 5.91 Å². The molecule has 0 aliphatic rings. The topological polar surface area (TPSA) is 79.7 Å². The van der Waals surface area contributed by atoms with Gasteiger partial charge in [-0.05, 0) is 68.0 Å². The van der Waals surface area contributed by atoms with Gasteiger partial charge in [0.2, 0.25) is 0 Å². The molecule has 0 spiro atoms. The summed E-state index contributed by atoms with van der Waals surface area (Å²) in [6, 6.07) is 17.4. The van der Waals surface area contributed by atoms with Crippen molar-refractivity contribution in [1.82, 2.24) is 9.88 Å². The van der Waals surface area contributed by atoms with E-state index in [1.807, 2.05) is 38.1 Å². The predicted molar refractivity (Wildman–Crippen MR) is 137 cm³/mol. The molecule has 0 radical (unpaired) electrons. The minimum Gasteiger partial charge on any atom is -0.493 e.